The quantitative estimate of drug-likeness (QED) is 0.258. The molecule has 1 aromatic heterocycles. The van der Waals surface area contributed by atoms with E-state index in [4.69, 9.17) is 6.42 Å². The van der Waals surface area contributed by atoms with Crippen LogP contribution in [0.5, 0.6) is 0 Å². The molecule has 0 spiro atoms. The van der Waals surface area contributed by atoms with Crippen molar-refractivity contribution in [1.29, 1.82) is 0 Å². The molecule has 0 saturated carbocycles. The predicted molar refractivity (Wildman–Crippen MR) is 131 cm³/mol. The highest BCUT2D eigenvalue weighted by atomic mass is 32.2. The van der Waals surface area contributed by atoms with Crippen molar-refractivity contribution in [3.05, 3.63) is 64.2 Å². The SMILES string of the molecule is C#Cc1cc(CNC(=O)/C=C(/CCC)c2ccc(C(F)(F)F)nc2CCC)cc(F)c1NS(C)(=O)=O. The van der Waals surface area contributed by atoms with E-state index in [1.165, 1.54) is 18.2 Å². The summed E-state index contributed by atoms with van der Waals surface area (Å²) < 4.78 is 78.8. The lowest BCUT2D eigenvalue weighted by Gasteiger charge is -2.15. The van der Waals surface area contributed by atoms with Crippen LogP contribution in [0.25, 0.3) is 5.57 Å². The van der Waals surface area contributed by atoms with Gasteiger partial charge in [0.25, 0.3) is 0 Å². The van der Waals surface area contributed by atoms with Crippen LogP contribution in [0.1, 0.15) is 61.2 Å². The smallest absolute Gasteiger partial charge is 0.348 e. The summed E-state index contributed by atoms with van der Waals surface area (Å²) in [6.45, 7) is 3.58. The van der Waals surface area contributed by atoms with Crippen LogP contribution in [0.4, 0.5) is 23.2 Å². The van der Waals surface area contributed by atoms with Gasteiger partial charge >= 0.3 is 6.18 Å². The van der Waals surface area contributed by atoms with Crippen LogP contribution in [-0.2, 0) is 34.0 Å². The number of terminal acetylenes is 1. The minimum Gasteiger partial charge on any atom is -0.348 e. The third-order valence-corrected chi connectivity index (χ3v) is 5.56. The van der Waals surface area contributed by atoms with Crippen molar-refractivity contribution in [2.24, 2.45) is 0 Å². The Bertz CT molecular complexity index is 1300. The Hall–Kier alpha value is -3.39. The van der Waals surface area contributed by atoms with E-state index in [9.17, 15) is 30.8 Å². The number of rotatable bonds is 10. The van der Waals surface area contributed by atoms with E-state index in [1.54, 1.807) is 0 Å². The summed E-state index contributed by atoms with van der Waals surface area (Å²) in [5, 5.41) is 2.60. The lowest BCUT2D eigenvalue weighted by molar-refractivity contribution is -0.141. The van der Waals surface area contributed by atoms with Crippen LogP contribution in [0.15, 0.2) is 30.3 Å². The number of carbonyl (C=O) groups excluding carboxylic acids is 1. The van der Waals surface area contributed by atoms with Gasteiger partial charge in [0.05, 0.1) is 17.5 Å². The van der Waals surface area contributed by atoms with E-state index in [2.05, 4.69) is 16.2 Å². The van der Waals surface area contributed by atoms with Gasteiger partial charge in [0, 0.05) is 18.3 Å². The van der Waals surface area contributed by atoms with Gasteiger partial charge in [-0.2, -0.15) is 13.2 Å². The molecular weight excluding hydrogens is 498 g/mol. The molecule has 0 radical (unpaired) electrons. The Kier molecular flexibility index (Phi) is 9.64. The van der Waals surface area contributed by atoms with Crippen molar-refractivity contribution >= 4 is 27.2 Å². The van der Waals surface area contributed by atoms with Gasteiger partial charge in [-0.3, -0.25) is 9.52 Å². The molecule has 194 valence electrons. The highest BCUT2D eigenvalue weighted by Gasteiger charge is 2.33. The first-order chi connectivity index (χ1) is 16.8. The molecule has 0 fully saturated rings. The van der Waals surface area contributed by atoms with Crippen molar-refractivity contribution in [2.45, 2.75) is 52.3 Å². The van der Waals surface area contributed by atoms with E-state index >= 15 is 0 Å². The minimum absolute atomic E-state index is 0.0353. The number of carbonyl (C=O) groups is 1. The molecular formula is C25H27F4N3O3S. The number of aromatic nitrogens is 1. The Labute approximate surface area is 208 Å². The topological polar surface area (TPSA) is 88.2 Å². The first-order valence-corrected chi connectivity index (χ1v) is 13.0. The molecule has 2 aromatic rings. The molecule has 0 aliphatic heterocycles. The minimum atomic E-state index is -4.58. The number of hydrogen-bond donors (Lipinski definition) is 2. The van der Waals surface area contributed by atoms with Crippen LogP contribution in [0, 0.1) is 18.2 Å². The van der Waals surface area contributed by atoms with Gasteiger partial charge in [-0.15, -0.1) is 6.42 Å². The first-order valence-electron chi connectivity index (χ1n) is 11.1. The molecule has 36 heavy (non-hydrogen) atoms. The number of aryl methyl sites for hydroxylation is 1. The maximum Gasteiger partial charge on any atom is 0.433 e. The molecule has 1 heterocycles. The second-order valence-electron chi connectivity index (χ2n) is 8.09. The zero-order valence-electron chi connectivity index (χ0n) is 20.1. The Morgan fingerprint density at radius 1 is 1.19 bits per heavy atom. The summed E-state index contributed by atoms with van der Waals surface area (Å²) in [5.41, 5.74) is 0.165. The third-order valence-electron chi connectivity index (χ3n) is 4.98. The van der Waals surface area contributed by atoms with Crippen molar-refractivity contribution in [3.8, 4) is 12.3 Å². The Morgan fingerprint density at radius 3 is 2.44 bits per heavy atom. The average molecular weight is 526 g/mol. The molecule has 0 aliphatic carbocycles. The predicted octanol–water partition coefficient (Wildman–Crippen LogP) is 5.04. The number of amides is 1. The van der Waals surface area contributed by atoms with Gasteiger partial charge < -0.3 is 5.32 Å². The normalized spacial score (nSPS) is 12.2. The molecule has 0 saturated heterocycles. The fourth-order valence-electron chi connectivity index (χ4n) is 3.50. The summed E-state index contributed by atoms with van der Waals surface area (Å²) in [6.07, 6.45) is 4.90. The summed E-state index contributed by atoms with van der Waals surface area (Å²) in [7, 11) is -3.77. The molecule has 11 heteroatoms. The summed E-state index contributed by atoms with van der Waals surface area (Å²) in [4.78, 5) is 16.4. The van der Waals surface area contributed by atoms with Crippen molar-refractivity contribution < 1.29 is 30.8 Å². The first kappa shape index (κ1) is 28.8. The number of nitrogens with zero attached hydrogens (tertiary/aromatic N) is 1. The van der Waals surface area contributed by atoms with Gasteiger partial charge in [-0.05, 0) is 47.7 Å². The van der Waals surface area contributed by atoms with E-state index < -0.39 is 33.6 Å². The fourth-order valence-corrected chi connectivity index (χ4v) is 4.08. The molecule has 0 bridgehead atoms. The van der Waals surface area contributed by atoms with E-state index in [0.29, 0.717) is 42.4 Å². The van der Waals surface area contributed by atoms with Gasteiger partial charge in [-0.25, -0.2) is 17.8 Å². The lowest BCUT2D eigenvalue weighted by atomic mass is 9.96. The van der Waals surface area contributed by atoms with E-state index in [1.807, 2.05) is 18.6 Å². The molecule has 2 N–H and O–H groups in total. The van der Waals surface area contributed by atoms with Crippen molar-refractivity contribution in [1.82, 2.24) is 10.3 Å². The van der Waals surface area contributed by atoms with E-state index in [0.717, 1.165) is 18.4 Å². The maximum atomic E-state index is 14.5. The summed E-state index contributed by atoms with van der Waals surface area (Å²) in [6, 6.07) is 4.64. The fraction of sp³-hybridized carbons (Fsp3) is 0.360. The number of anilines is 1. The van der Waals surface area contributed by atoms with Crippen LogP contribution >= 0.6 is 0 Å². The summed E-state index contributed by atoms with van der Waals surface area (Å²) in [5.74, 6) is 0.772. The van der Waals surface area contributed by atoms with Gasteiger partial charge in [0.2, 0.25) is 15.9 Å². The third kappa shape index (κ3) is 8.09. The molecule has 2 rings (SSSR count). The van der Waals surface area contributed by atoms with Crippen LogP contribution in [0.3, 0.4) is 0 Å². The number of pyridine rings is 1. The zero-order chi connectivity index (χ0) is 27.1. The largest absolute Gasteiger partial charge is 0.433 e. The molecule has 0 unspecified atom stereocenters. The number of hydrogen-bond acceptors (Lipinski definition) is 4. The number of alkyl halides is 3. The summed E-state index contributed by atoms with van der Waals surface area (Å²) >= 11 is 0. The molecule has 0 aliphatic rings. The second-order valence-corrected chi connectivity index (χ2v) is 9.84. The number of allylic oxidation sites excluding steroid dienone is 1. The van der Waals surface area contributed by atoms with Crippen molar-refractivity contribution in [3.63, 3.8) is 0 Å². The van der Waals surface area contributed by atoms with Gasteiger partial charge in [0.1, 0.15) is 11.5 Å². The second kappa shape index (κ2) is 12.0. The number of benzene rings is 1. The molecule has 1 aromatic carbocycles. The Morgan fingerprint density at radius 2 is 1.89 bits per heavy atom. The lowest BCUT2D eigenvalue weighted by Crippen LogP contribution is -2.21. The molecule has 1 amide bonds. The Balaban J connectivity index is 2.31. The van der Waals surface area contributed by atoms with Crippen LogP contribution in [-0.4, -0.2) is 25.6 Å². The standard InChI is InChI=1S/C25H27F4N3O3S/c1-5-8-18(19-10-11-22(25(27,28)29)31-21(19)9-6-2)14-23(33)30-15-16-12-17(7-3)24(20(26)13-16)32-36(4,34)35/h3,10-14,32H,5-6,8-9,15H2,1-2,4H3,(H,30,33)/b18-14-. The highest BCUT2D eigenvalue weighted by Crippen LogP contribution is 2.31. The highest BCUT2D eigenvalue weighted by molar-refractivity contribution is 7.92. The number of halogens is 4. The average Bonchev–Trinajstić information content (AvgIpc) is 2.77. The van der Waals surface area contributed by atoms with Crippen LogP contribution < -0.4 is 10.0 Å². The molecule has 6 nitrogen and oxygen atoms in total. The maximum absolute atomic E-state index is 14.5. The van der Waals surface area contributed by atoms with Gasteiger partial charge in [-0.1, -0.05) is 38.7 Å². The zero-order valence-corrected chi connectivity index (χ0v) is 20.9. The van der Waals surface area contributed by atoms with Gasteiger partial charge in [0.15, 0.2) is 0 Å². The van der Waals surface area contributed by atoms with E-state index in [-0.39, 0.29) is 23.5 Å². The molecule has 0 atom stereocenters. The van der Waals surface area contributed by atoms with Crippen molar-refractivity contribution in [2.75, 3.05) is 11.0 Å². The number of sulfonamides is 1. The number of nitrogens with one attached hydrogen (secondary N) is 2. The monoisotopic (exact) mass is 525 g/mol. The van der Waals surface area contributed by atoms with Crippen LogP contribution in [0.2, 0.25) is 0 Å².